The zero-order valence-corrected chi connectivity index (χ0v) is 11.0. The molecule has 2 rings (SSSR count). The fourth-order valence-electron chi connectivity index (χ4n) is 2.10. The minimum atomic E-state index is 0.0799. The number of aryl methyl sites for hydroxylation is 1. The summed E-state index contributed by atoms with van der Waals surface area (Å²) >= 11 is 0. The summed E-state index contributed by atoms with van der Waals surface area (Å²) in [6.07, 6.45) is 2.69. The molecule has 0 atom stereocenters. The van der Waals surface area contributed by atoms with E-state index >= 15 is 0 Å². The topological polar surface area (TPSA) is 48.0 Å². The Hall–Kier alpha value is -1.61. The summed E-state index contributed by atoms with van der Waals surface area (Å²) < 4.78 is 1.74. The van der Waals surface area contributed by atoms with Crippen LogP contribution in [0.15, 0.2) is 35.3 Å². The van der Waals surface area contributed by atoms with Crippen molar-refractivity contribution in [1.29, 1.82) is 0 Å². The molecule has 1 aromatic heterocycles. The zero-order chi connectivity index (χ0) is 13.1. The number of nitrogens with zero attached hydrogens (tertiary/aromatic N) is 1. The molecule has 0 aliphatic carbocycles. The molecule has 96 valence electrons. The molecule has 3 nitrogen and oxygen atoms in total. The molecular weight excluding hydrogens is 224 g/mol. The third kappa shape index (κ3) is 2.46. The highest BCUT2D eigenvalue weighted by Crippen LogP contribution is 2.19. The first-order chi connectivity index (χ1) is 8.63. The predicted molar refractivity (Wildman–Crippen MR) is 76.0 cm³/mol. The van der Waals surface area contributed by atoms with E-state index in [1.807, 2.05) is 24.4 Å². The van der Waals surface area contributed by atoms with E-state index in [-0.39, 0.29) is 5.56 Å². The van der Waals surface area contributed by atoms with E-state index in [1.165, 1.54) is 5.56 Å². The van der Waals surface area contributed by atoms with Crippen molar-refractivity contribution in [1.82, 2.24) is 4.57 Å². The normalized spacial score (nSPS) is 11.3. The quantitative estimate of drug-likeness (QED) is 0.898. The average Bonchev–Trinajstić information content (AvgIpc) is 2.37. The molecule has 2 N–H and O–H groups in total. The van der Waals surface area contributed by atoms with Gasteiger partial charge in [0.25, 0.3) is 5.56 Å². The molecule has 18 heavy (non-hydrogen) atoms. The van der Waals surface area contributed by atoms with Crippen LogP contribution >= 0.6 is 0 Å². The van der Waals surface area contributed by atoms with E-state index in [2.05, 4.69) is 19.9 Å². The molecule has 0 saturated carbocycles. The molecule has 3 heteroatoms. The molecule has 0 spiro atoms. The van der Waals surface area contributed by atoms with Crippen LogP contribution in [-0.4, -0.2) is 11.1 Å². The van der Waals surface area contributed by atoms with Crippen molar-refractivity contribution in [3.63, 3.8) is 0 Å². The van der Waals surface area contributed by atoms with Crippen LogP contribution in [0.4, 0.5) is 0 Å². The standard InChI is InChI=1S/C15H20N2O/c1-11(2)12-4-5-14-13(10-12)6-9-17(15(14)18)8-3-7-16/h4-6,9-11H,3,7-8,16H2,1-2H3. The highest BCUT2D eigenvalue weighted by atomic mass is 16.1. The van der Waals surface area contributed by atoms with E-state index in [9.17, 15) is 4.79 Å². The maximum absolute atomic E-state index is 12.2. The van der Waals surface area contributed by atoms with Gasteiger partial charge in [-0.15, -0.1) is 0 Å². The zero-order valence-electron chi connectivity index (χ0n) is 11.0. The Morgan fingerprint density at radius 3 is 2.72 bits per heavy atom. The van der Waals surface area contributed by atoms with Gasteiger partial charge in [-0.05, 0) is 42.0 Å². The van der Waals surface area contributed by atoms with Crippen molar-refractivity contribution in [3.05, 3.63) is 46.4 Å². The van der Waals surface area contributed by atoms with Gasteiger partial charge in [0.1, 0.15) is 0 Å². The molecule has 1 heterocycles. The molecule has 0 amide bonds. The summed E-state index contributed by atoms with van der Waals surface area (Å²) in [6, 6.07) is 8.10. The van der Waals surface area contributed by atoms with Gasteiger partial charge in [-0.1, -0.05) is 26.0 Å². The van der Waals surface area contributed by atoms with Crippen LogP contribution in [0, 0.1) is 0 Å². The Kier molecular flexibility index (Phi) is 3.82. The summed E-state index contributed by atoms with van der Waals surface area (Å²) in [5.41, 5.74) is 6.82. The Morgan fingerprint density at radius 1 is 1.28 bits per heavy atom. The lowest BCUT2D eigenvalue weighted by Crippen LogP contribution is -2.20. The Morgan fingerprint density at radius 2 is 2.06 bits per heavy atom. The van der Waals surface area contributed by atoms with Crippen LogP contribution in [0.3, 0.4) is 0 Å². The summed E-state index contributed by atoms with van der Waals surface area (Å²) in [7, 11) is 0. The molecule has 2 aromatic rings. The van der Waals surface area contributed by atoms with Crippen molar-refractivity contribution in [2.75, 3.05) is 6.54 Å². The molecule has 0 fully saturated rings. The van der Waals surface area contributed by atoms with Crippen molar-refractivity contribution in [3.8, 4) is 0 Å². The first kappa shape index (κ1) is 12.8. The fourth-order valence-corrected chi connectivity index (χ4v) is 2.10. The average molecular weight is 244 g/mol. The summed E-state index contributed by atoms with van der Waals surface area (Å²) in [4.78, 5) is 12.2. The maximum atomic E-state index is 12.2. The van der Waals surface area contributed by atoms with E-state index < -0.39 is 0 Å². The van der Waals surface area contributed by atoms with Gasteiger partial charge in [0, 0.05) is 18.1 Å². The van der Waals surface area contributed by atoms with E-state index in [1.54, 1.807) is 4.57 Å². The number of hydrogen-bond acceptors (Lipinski definition) is 2. The van der Waals surface area contributed by atoms with Crippen molar-refractivity contribution >= 4 is 10.8 Å². The van der Waals surface area contributed by atoms with Gasteiger partial charge < -0.3 is 10.3 Å². The van der Waals surface area contributed by atoms with Gasteiger partial charge in [-0.2, -0.15) is 0 Å². The van der Waals surface area contributed by atoms with Crippen LogP contribution in [0.5, 0.6) is 0 Å². The maximum Gasteiger partial charge on any atom is 0.258 e. The van der Waals surface area contributed by atoms with Crippen LogP contribution in [0.1, 0.15) is 31.7 Å². The molecule has 0 aliphatic rings. The molecular formula is C15H20N2O. The van der Waals surface area contributed by atoms with Crippen LogP contribution in [-0.2, 0) is 6.54 Å². The second-order valence-corrected chi connectivity index (χ2v) is 4.96. The SMILES string of the molecule is CC(C)c1ccc2c(=O)n(CCCN)ccc2c1. The molecule has 0 bridgehead atoms. The Bertz CT molecular complexity index is 599. The van der Waals surface area contributed by atoms with E-state index in [0.717, 1.165) is 17.2 Å². The highest BCUT2D eigenvalue weighted by molar-refractivity contribution is 5.82. The van der Waals surface area contributed by atoms with Crippen molar-refractivity contribution in [2.24, 2.45) is 5.73 Å². The van der Waals surface area contributed by atoms with Crippen LogP contribution in [0.25, 0.3) is 10.8 Å². The first-order valence-corrected chi connectivity index (χ1v) is 6.46. The molecule has 1 aromatic carbocycles. The minimum absolute atomic E-state index is 0.0799. The van der Waals surface area contributed by atoms with E-state index in [0.29, 0.717) is 19.0 Å². The lowest BCUT2D eigenvalue weighted by molar-refractivity contribution is 0.634. The van der Waals surface area contributed by atoms with E-state index in [4.69, 9.17) is 5.73 Å². The van der Waals surface area contributed by atoms with Gasteiger partial charge in [-0.25, -0.2) is 0 Å². The second-order valence-electron chi connectivity index (χ2n) is 4.96. The first-order valence-electron chi connectivity index (χ1n) is 6.46. The van der Waals surface area contributed by atoms with Gasteiger partial charge in [0.05, 0.1) is 0 Å². The summed E-state index contributed by atoms with van der Waals surface area (Å²) in [5.74, 6) is 0.481. The number of rotatable bonds is 4. The number of nitrogens with two attached hydrogens (primary N) is 1. The van der Waals surface area contributed by atoms with Gasteiger partial charge >= 0.3 is 0 Å². The largest absolute Gasteiger partial charge is 0.330 e. The molecule has 0 saturated heterocycles. The Balaban J connectivity index is 2.49. The molecule has 0 radical (unpaired) electrons. The third-order valence-electron chi connectivity index (χ3n) is 3.27. The van der Waals surface area contributed by atoms with Crippen molar-refractivity contribution < 1.29 is 0 Å². The smallest absolute Gasteiger partial charge is 0.258 e. The predicted octanol–water partition coefficient (Wildman–Crippen LogP) is 2.47. The third-order valence-corrected chi connectivity index (χ3v) is 3.27. The van der Waals surface area contributed by atoms with Gasteiger partial charge in [0.2, 0.25) is 0 Å². The number of pyridine rings is 1. The van der Waals surface area contributed by atoms with Crippen molar-refractivity contribution in [2.45, 2.75) is 32.7 Å². The highest BCUT2D eigenvalue weighted by Gasteiger charge is 2.05. The monoisotopic (exact) mass is 244 g/mol. The lowest BCUT2D eigenvalue weighted by Gasteiger charge is -2.09. The summed E-state index contributed by atoms with van der Waals surface area (Å²) in [6.45, 7) is 5.61. The lowest BCUT2D eigenvalue weighted by atomic mass is 10.0. The number of benzene rings is 1. The Labute approximate surface area is 107 Å². The fraction of sp³-hybridized carbons (Fsp3) is 0.400. The summed E-state index contributed by atoms with van der Waals surface area (Å²) in [5, 5.41) is 1.81. The minimum Gasteiger partial charge on any atom is -0.330 e. The molecule has 0 aliphatic heterocycles. The molecule has 0 unspecified atom stereocenters. The number of fused-ring (bicyclic) bond motifs is 1. The second kappa shape index (κ2) is 5.36. The van der Waals surface area contributed by atoms with Crippen LogP contribution < -0.4 is 11.3 Å². The number of aromatic nitrogens is 1. The van der Waals surface area contributed by atoms with Gasteiger partial charge in [-0.3, -0.25) is 4.79 Å². The number of hydrogen-bond donors (Lipinski definition) is 1. The van der Waals surface area contributed by atoms with Gasteiger partial charge in [0.15, 0.2) is 0 Å². The van der Waals surface area contributed by atoms with Crippen LogP contribution in [0.2, 0.25) is 0 Å².